The third-order valence-electron chi connectivity index (χ3n) is 2.62. The monoisotopic (exact) mass is 199 g/mol. The molecule has 0 heterocycles. The summed E-state index contributed by atoms with van der Waals surface area (Å²) in [4.78, 5) is 1.03. The molecule has 1 aliphatic rings. The van der Waals surface area contributed by atoms with Crippen molar-refractivity contribution in [3.63, 3.8) is 0 Å². The molecular weight excluding hydrogens is 178 g/mol. The van der Waals surface area contributed by atoms with Crippen LogP contribution in [0.5, 0.6) is 0 Å². The Morgan fingerprint density at radius 1 is 1.15 bits per heavy atom. The average molecular weight is 199 g/mol. The molecule has 0 radical (unpaired) electrons. The molecule has 0 unspecified atom stereocenters. The van der Waals surface area contributed by atoms with Gasteiger partial charge in [-0.1, -0.05) is 52.3 Å². The van der Waals surface area contributed by atoms with Crippen LogP contribution in [0.1, 0.15) is 52.9 Å². The molecule has 0 aromatic rings. The number of hydrogen-bond acceptors (Lipinski definition) is 1. The molecule has 0 aliphatic heterocycles. The smallest absolute Gasteiger partial charge is 0.0809 e. The lowest BCUT2D eigenvalue weighted by molar-refractivity contribution is 0.403. The van der Waals surface area contributed by atoms with Crippen molar-refractivity contribution in [3.8, 4) is 0 Å². The minimum atomic E-state index is 0.132. The van der Waals surface area contributed by atoms with E-state index in [1.165, 1.54) is 32.1 Å². The van der Waals surface area contributed by atoms with E-state index in [9.17, 15) is 0 Å². The molecule has 76 valence electrons. The summed E-state index contributed by atoms with van der Waals surface area (Å²) in [6, 6.07) is 0.653. The zero-order valence-corrected chi connectivity index (χ0v) is 9.84. The van der Waals surface area contributed by atoms with Gasteiger partial charge in [-0.25, -0.2) is 0 Å². The van der Waals surface area contributed by atoms with Gasteiger partial charge in [0.15, 0.2) is 0 Å². The van der Waals surface area contributed by atoms with Gasteiger partial charge in [-0.3, -0.25) is 0 Å². The van der Waals surface area contributed by atoms with Crippen molar-refractivity contribution in [2.24, 2.45) is 5.41 Å². The second-order valence-corrected chi connectivity index (χ2v) is 5.47. The van der Waals surface area contributed by atoms with Gasteiger partial charge in [0.2, 0.25) is 0 Å². The van der Waals surface area contributed by atoms with E-state index in [2.05, 4.69) is 26.1 Å². The first-order chi connectivity index (χ1) is 6.00. The Hall–Kier alpha value is -0.110. The maximum atomic E-state index is 5.36. The fourth-order valence-corrected chi connectivity index (χ4v) is 1.82. The van der Waals surface area contributed by atoms with Crippen LogP contribution in [-0.2, 0) is 0 Å². The highest BCUT2D eigenvalue weighted by atomic mass is 32.1. The molecule has 1 aliphatic carbocycles. The Labute approximate surface area is 87.3 Å². The van der Waals surface area contributed by atoms with E-state index in [1.54, 1.807) is 0 Å². The Morgan fingerprint density at radius 2 is 1.69 bits per heavy atom. The van der Waals surface area contributed by atoms with Crippen molar-refractivity contribution in [1.82, 2.24) is 5.32 Å². The predicted octanol–water partition coefficient (Wildman–Crippen LogP) is 3.28. The molecule has 0 aromatic carbocycles. The van der Waals surface area contributed by atoms with E-state index in [4.69, 9.17) is 12.2 Å². The summed E-state index contributed by atoms with van der Waals surface area (Å²) in [5.41, 5.74) is 0.132. The van der Waals surface area contributed by atoms with Crippen LogP contribution in [0, 0.1) is 5.41 Å². The van der Waals surface area contributed by atoms with E-state index in [1.807, 2.05) is 0 Å². The van der Waals surface area contributed by atoms with Crippen LogP contribution >= 0.6 is 12.2 Å². The summed E-state index contributed by atoms with van der Waals surface area (Å²) in [6.07, 6.45) is 6.74. The van der Waals surface area contributed by atoms with Crippen LogP contribution < -0.4 is 5.32 Å². The summed E-state index contributed by atoms with van der Waals surface area (Å²) in [7, 11) is 0. The Bertz CT molecular complexity index is 175. The van der Waals surface area contributed by atoms with E-state index in [0.717, 1.165) is 4.99 Å². The van der Waals surface area contributed by atoms with Crippen molar-refractivity contribution < 1.29 is 0 Å². The second kappa shape index (κ2) is 4.41. The quantitative estimate of drug-likeness (QED) is 0.650. The van der Waals surface area contributed by atoms with Gasteiger partial charge in [-0.2, -0.15) is 0 Å². The fraction of sp³-hybridized carbons (Fsp3) is 0.909. The van der Waals surface area contributed by atoms with E-state index >= 15 is 0 Å². The minimum absolute atomic E-state index is 0.132. The molecule has 0 atom stereocenters. The zero-order valence-electron chi connectivity index (χ0n) is 9.02. The molecule has 0 aromatic heterocycles. The lowest BCUT2D eigenvalue weighted by Crippen LogP contribution is -2.41. The first-order valence-electron chi connectivity index (χ1n) is 5.31. The molecule has 13 heavy (non-hydrogen) atoms. The molecule has 1 rings (SSSR count). The number of thiocarbonyl (C=S) groups is 1. The van der Waals surface area contributed by atoms with Gasteiger partial charge in [0.05, 0.1) is 4.99 Å². The molecule has 0 bridgehead atoms. The van der Waals surface area contributed by atoms with Crippen LogP contribution in [0.4, 0.5) is 0 Å². The molecule has 0 saturated heterocycles. The highest BCUT2D eigenvalue weighted by Crippen LogP contribution is 2.20. The summed E-state index contributed by atoms with van der Waals surface area (Å²) in [5, 5.41) is 3.49. The van der Waals surface area contributed by atoms with Crippen molar-refractivity contribution in [2.75, 3.05) is 0 Å². The highest BCUT2D eigenvalue weighted by molar-refractivity contribution is 7.80. The van der Waals surface area contributed by atoms with Crippen LogP contribution in [-0.4, -0.2) is 11.0 Å². The molecule has 1 fully saturated rings. The standard InChI is InChI=1S/C11H21NS/c1-11(2,3)10(13)12-9-7-5-4-6-8-9/h9H,4-8H2,1-3H3,(H,12,13). The minimum Gasteiger partial charge on any atom is -0.376 e. The molecule has 1 saturated carbocycles. The summed E-state index contributed by atoms with van der Waals surface area (Å²) in [6.45, 7) is 6.52. The average Bonchev–Trinajstić information content (AvgIpc) is 2.04. The maximum Gasteiger partial charge on any atom is 0.0809 e. The first kappa shape index (κ1) is 11.0. The van der Waals surface area contributed by atoms with Gasteiger partial charge in [-0.05, 0) is 12.8 Å². The Balaban J connectivity index is 2.35. The molecule has 1 N–H and O–H groups in total. The predicted molar refractivity (Wildman–Crippen MR) is 62.1 cm³/mol. The third-order valence-corrected chi connectivity index (χ3v) is 3.35. The van der Waals surface area contributed by atoms with Crippen LogP contribution in [0.3, 0.4) is 0 Å². The zero-order chi connectivity index (χ0) is 9.90. The fourth-order valence-electron chi connectivity index (χ4n) is 1.65. The third kappa shape index (κ3) is 3.63. The van der Waals surface area contributed by atoms with Crippen molar-refractivity contribution in [3.05, 3.63) is 0 Å². The van der Waals surface area contributed by atoms with E-state index in [0.29, 0.717) is 6.04 Å². The van der Waals surface area contributed by atoms with E-state index < -0.39 is 0 Å². The highest BCUT2D eigenvalue weighted by Gasteiger charge is 2.21. The Kier molecular flexibility index (Phi) is 3.72. The normalized spacial score (nSPS) is 19.9. The molecule has 2 heteroatoms. The topological polar surface area (TPSA) is 12.0 Å². The summed E-state index contributed by atoms with van der Waals surface area (Å²) in [5.74, 6) is 0. The number of hydrogen-bond donors (Lipinski definition) is 1. The van der Waals surface area contributed by atoms with Gasteiger partial charge in [-0.15, -0.1) is 0 Å². The van der Waals surface area contributed by atoms with Crippen molar-refractivity contribution >= 4 is 17.2 Å². The lowest BCUT2D eigenvalue weighted by Gasteiger charge is -2.29. The molecular formula is C11H21NS. The maximum absolute atomic E-state index is 5.36. The number of rotatable bonds is 1. The summed E-state index contributed by atoms with van der Waals surface area (Å²) >= 11 is 5.36. The van der Waals surface area contributed by atoms with E-state index in [-0.39, 0.29) is 5.41 Å². The lowest BCUT2D eigenvalue weighted by atomic mass is 9.92. The van der Waals surface area contributed by atoms with Crippen LogP contribution in [0.15, 0.2) is 0 Å². The van der Waals surface area contributed by atoms with Crippen molar-refractivity contribution in [2.45, 2.75) is 58.9 Å². The first-order valence-corrected chi connectivity index (χ1v) is 5.72. The molecule has 0 amide bonds. The van der Waals surface area contributed by atoms with Gasteiger partial charge in [0.25, 0.3) is 0 Å². The summed E-state index contributed by atoms with van der Waals surface area (Å²) < 4.78 is 0. The van der Waals surface area contributed by atoms with Gasteiger partial charge in [0.1, 0.15) is 0 Å². The van der Waals surface area contributed by atoms with Gasteiger partial charge >= 0.3 is 0 Å². The number of nitrogens with one attached hydrogen (secondary N) is 1. The van der Waals surface area contributed by atoms with Gasteiger partial charge in [0, 0.05) is 11.5 Å². The molecule has 1 nitrogen and oxygen atoms in total. The second-order valence-electron chi connectivity index (χ2n) is 5.06. The SMILES string of the molecule is CC(C)(C)C(=S)NC1CCCCC1. The van der Waals surface area contributed by atoms with Crippen molar-refractivity contribution in [1.29, 1.82) is 0 Å². The van der Waals surface area contributed by atoms with Crippen LogP contribution in [0.25, 0.3) is 0 Å². The largest absolute Gasteiger partial charge is 0.376 e. The van der Waals surface area contributed by atoms with Gasteiger partial charge < -0.3 is 5.32 Å². The Morgan fingerprint density at radius 3 is 2.15 bits per heavy atom. The molecule has 0 spiro atoms. The van der Waals surface area contributed by atoms with Crippen LogP contribution in [0.2, 0.25) is 0 Å².